The fourth-order valence-corrected chi connectivity index (χ4v) is 1.52. The van der Waals surface area contributed by atoms with Crippen molar-refractivity contribution in [3.8, 4) is 0 Å². The molecule has 3 nitrogen and oxygen atoms in total. The lowest BCUT2D eigenvalue weighted by atomic mass is 10.2. The summed E-state index contributed by atoms with van der Waals surface area (Å²) in [7, 11) is 1.96. The highest BCUT2D eigenvalue weighted by Gasteiger charge is 2.05. The van der Waals surface area contributed by atoms with Crippen LogP contribution >= 0.6 is 0 Å². The molecule has 0 fully saturated rings. The van der Waals surface area contributed by atoms with E-state index in [0.29, 0.717) is 18.7 Å². The highest BCUT2D eigenvalue weighted by molar-refractivity contribution is 5.80. The Morgan fingerprint density at radius 3 is 2.93 bits per heavy atom. The molecule has 0 saturated heterocycles. The maximum atomic E-state index is 11.4. The lowest BCUT2D eigenvalue weighted by Crippen LogP contribution is -2.25. The molecule has 0 aliphatic rings. The first-order valence-corrected chi connectivity index (χ1v) is 5.31. The largest absolute Gasteiger partial charge is 0.298 e. The summed E-state index contributed by atoms with van der Waals surface area (Å²) >= 11 is 0. The average Bonchev–Trinajstić information content (AvgIpc) is 2.19. The molecular weight excluding hydrogens is 188 g/mol. The van der Waals surface area contributed by atoms with Crippen molar-refractivity contribution in [3.63, 3.8) is 0 Å². The molecule has 0 radical (unpaired) electrons. The van der Waals surface area contributed by atoms with Crippen molar-refractivity contribution in [2.75, 3.05) is 13.6 Å². The zero-order valence-corrected chi connectivity index (χ0v) is 9.44. The Labute approximate surface area is 91.1 Å². The van der Waals surface area contributed by atoms with Crippen LogP contribution in [0.15, 0.2) is 24.5 Å². The van der Waals surface area contributed by atoms with Crippen LogP contribution in [0.5, 0.6) is 0 Å². The van der Waals surface area contributed by atoms with E-state index >= 15 is 0 Å². The topological polar surface area (TPSA) is 33.2 Å². The van der Waals surface area contributed by atoms with Gasteiger partial charge in [-0.2, -0.15) is 0 Å². The van der Waals surface area contributed by atoms with Gasteiger partial charge in [0.1, 0.15) is 5.78 Å². The minimum absolute atomic E-state index is 0.309. The standard InChI is InChI=1S/C12H18N2O/c1-3-5-12(15)10-14(2)9-11-6-4-7-13-8-11/h4,6-8H,3,5,9-10H2,1-2H3. The Morgan fingerprint density at radius 2 is 2.33 bits per heavy atom. The third-order valence-corrected chi connectivity index (χ3v) is 2.15. The lowest BCUT2D eigenvalue weighted by Gasteiger charge is -2.15. The van der Waals surface area contributed by atoms with Gasteiger partial charge in [0, 0.05) is 25.4 Å². The zero-order chi connectivity index (χ0) is 11.1. The van der Waals surface area contributed by atoms with E-state index in [1.165, 1.54) is 0 Å². The first kappa shape index (κ1) is 11.9. The molecule has 0 N–H and O–H groups in total. The van der Waals surface area contributed by atoms with Gasteiger partial charge in [0.15, 0.2) is 0 Å². The smallest absolute Gasteiger partial charge is 0.146 e. The average molecular weight is 206 g/mol. The number of Topliss-reactive ketones (excluding diaryl/α,β-unsaturated/α-hetero) is 1. The summed E-state index contributed by atoms with van der Waals surface area (Å²) < 4.78 is 0. The van der Waals surface area contributed by atoms with Crippen LogP contribution in [-0.4, -0.2) is 29.3 Å². The second kappa shape index (κ2) is 6.30. The molecule has 0 bridgehead atoms. The first-order chi connectivity index (χ1) is 7.22. The van der Waals surface area contributed by atoms with Crippen LogP contribution in [0.25, 0.3) is 0 Å². The number of likely N-dealkylation sites (N-methyl/N-ethyl adjacent to an activating group) is 1. The molecule has 3 heteroatoms. The van der Waals surface area contributed by atoms with Gasteiger partial charge >= 0.3 is 0 Å². The third kappa shape index (κ3) is 4.70. The van der Waals surface area contributed by atoms with Crippen molar-refractivity contribution in [2.24, 2.45) is 0 Å². The molecule has 0 aromatic carbocycles. The molecule has 0 unspecified atom stereocenters. The van der Waals surface area contributed by atoms with Gasteiger partial charge in [-0.1, -0.05) is 13.0 Å². The SMILES string of the molecule is CCCC(=O)CN(C)Cc1cccnc1. The van der Waals surface area contributed by atoms with Crippen molar-refractivity contribution in [3.05, 3.63) is 30.1 Å². The van der Waals surface area contributed by atoms with Crippen LogP contribution in [0.1, 0.15) is 25.3 Å². The van der Waals surface area contributed by atoms with Gasteiger partial charge in [-0.3, -0.25) is 14.7 Å². The van der Waals surface area contributed by atoms with Crippen LogP contribution in [0, 0.1) is 0 Å². The van der Waals surface area contributed by atoms with Gasteiger partial charge in [-0.05, 0) is 25.1 Å². The molecular formula is C12H18N2O. The van der Waals surface area contributed by atoms with Crippen molar-refractivity contribution in [1.29, 1.82) is 0 Å². The van der Waals surface area contributed by atoms with Gasteiger partial charge in [0.05, 0.1) is 6.54 Å². The molecule has 1 aromatic rings. The van der Waals surface area contributed by atoms with E-state index in [0.717, 1.165) is 18.5 Å². The fraction of sp³-hybridized carbons (Fsp3) is 0.500. The Bertz CT molecular complexity index is 298. The number of rotatable bonds is 6. The van der Waals surface area contributed by atoms with Gasteiger partial charge in [-0.15, -0.1) is 0 Å². The monoisotopic (exact) mass is 206 g/mol. The molecule has 82 valence electrons. The lowest BCUT2D eigenvalue weighted by molar-refractivity contribution is -0.120. The van der Waals surface area contributed by atoms with E-state index < -0.39 is 0 Å². The minimum atomic E-state index is 0.309. The zero-order valence-electron chi connectivity index (χ0n) is 9.44. The predicted molar refractivity (Wildman–Crippen MR) is 60.5 cm³/mol. The number of hydrogen-bond acceptors (Lipinski definition) is 3. The highest BCUT2D eigenvalue weighted by Crippen LogP contribution is 2.01. The molecule has 1 aromatic heterocycles. The first-order valence-electron chi connectivity index (χ1n) is 5.31. The summed E-state index contributed by atoms with van der Waals surface area (Å²) in [6.45, 7) is 3.34. The number of ketones is 1. The number of carbonyl (C=O) groups is 1. The number of pyridine rings is 1. The maximum absolute atomic E-state index is 11.4. The van der Waals surface area contributed by atoms with E-state index in [4.69, 9.17) is 0 Å². The Hall–Kier alpha value is -1.22. The molecule has 0 saturated carbocycles. The molecule has 1 rings (SSSR count). The Balaban J connectivity index is 2.36. The molecule has 0 amide bonds. The molecule has 0 aliphatic heterocycles. The van der Waals surface area contributed by atoms with Gasteiger partial charge in [-0.25, -0.2) is 0 Å². The van der Waals surface area contributed by atoms with Gasteiger partial charge < -0.3 is 0 Å². The molecule has 0 spiro atoms. The van der Waals surface area contributed by atoms with E-state index in [2.05, 4.69) is 4.98 Å². The number of carbonyl (C=O) groups excluding carboxylic acids is 1. The van der Waals surface area contributed by atoms with Crippen LogP contribution in [-0.2, 0) is 11.3 Å². The third-order valence-electron chi connectivity index (χ3n) is 2.15. The Kier molecular flexibility index (Phi) is 4.98. The molecule has 0 aliphatic carbocycles. The van der Waals surface area contributed by atoms with Crippen LogP contribution < -0.4 is 0 Å². The summed E-state index contributed by atoms with van der Waals surface area (Å²) in [5.41, 5.74) is 1.14. The summed E-state index contributed by atoms with van der Waals surface area (Å²) in [5.74, 6) is 0.309. The van der Waals surface area contributed by atoms with Gasteiger partial charge in [0.25, 0.3) is 0 Å². The molecule has 1 heterocycles. The van der Waals surface area contributed by atoms with Crippen molar-refractivity contribution < 1.29 is 4.79 Å². The van der Waals surface area contributed by atoms with Crippen LogP contribution in [0.2, 0.25) is 0 Å². The number of hydrogen-bond donors (Lipinski definition) is 0. The summed E-state index contributed by atoms with van der Waals surface area (Å²) in [6, 6.07) is 3.94. The fourth-order valence-electron chi connectivity index (χ4n) is 1.52. The summed E-state index contributed by atoms with van der Waals surface area (Å²) in [4.78, 5) is 17.5. The molecule has 0 atom stereocenters. The Morgan fingerprint density at radius 1 is 1.53 bits per heavy atom. The van der Waals surface area contributed by atoms with Crippen LogP contribution in [0.3, 0.4) is 0 Å². The van der Waals surface area contributed by atoms with Gasteiger partial charge in [0.2, 0.25) is 0 Å². The van der Waals surface area contributed by atoms with Crippen LogP contribution in [0.4, 0.5) is 0 Å². The highest BCUT2D eigenvalue weighted by atomic mass is 16.1. The van der Waals surface area contributed by atoms with E-state index in [-0.39, 0.29) is 0 Å². The molecule has 15 heavy (non-hydrogen) atoms. The van der Waals surface area contributed by atoms with E-state index in [9.17, 15) is 4.79 Å². The van der Waals surface area contributed by atoms with Crippen molar-refractivity contribution in [1.82, 2.24) is 9.88 Å². The van der Waals surface area contributed by atoms with E-state index in [1.807, 2.05) is 37.2 Å². The quantitative estimate of drug-likeness (QED) is 0.712. The van der Waals surface area contributed by atoms with E-state index in [1.54, 1.807) is 6.20 Å². The predicted octanol–water partition coefficient (Wildman–Crippen LogP) is 1.88. The van der Waals surface area contributed by atoms with Crippen molar-refractivity contribution in [2.45, 2.75) is 26.3 Å². The minimum Gasteiger partial charge on any atom is -0.298 e. The normalized spacial score (nSPS) is 10.6. The number of nitrogens with zero attached hydrogens (tertiary/aromatic N) is 2. The second-order valence-corrected chi connectivity index (χ2v) is 3.82. The second-order valence-electron chi connectivity index (χ2n) is 3.82. The maximum Gasteiger partial charge on any atom is 0.146 e. The number of aromatic nitrogens is 1. The van der Waals surface area contributed by atoms with Crippen molar-refractivity contribution >= 4 is 5.78 Å². The summed E-state index contributed by atoms with van der Waals surface area (Å²) in [5, 5.41) is 0. The summed E-state index contributed by atoms with van der Waals surface area (Å²) in [6.07, 6.45) is 5.20.